The van der Waals surface area contributed by atoms with Gasteiger partial charge in [0.15, 0.2) is 0 Å². The molecule has 0 unspecified atom stereocenters. The van der Waals surface area contributed by atoms with E-state index in [1.165, 1.54) is 11.3 Å². The zero-order chi connectivity index (χ0) is 21.3. The molecule has 0 amide bonds. The molecule has 9 heteroatoms. The van der Waals surface area contributed by atoms with Crippen LogP contribution in [0, 0.1) is 11.8 Å². The molecule has 0 spiro atoms. The number of carbonyl (C=O) groups is 2. The second kappa shape index (κ2) is 10.9. The van der Waals surface area contributed by atoms with Gasteiger partial charge in [0.2, 0.25) is 0 Å². The molecule has 0 aromatic heterocycles. The van der Waals surface area contributed by atoms with E-state index in [9.17, 15) is 18.0 Å². The summed E-state index contributed by atoms with van der Waals surface area (Å²) in [7, 11) is 4.12. The average Bonchev–Trinajstić information content (AvgIpc) is 2.62. The van der Waals surface area contributed by atoms with Gasteiger partial charge in [-0.05, 0) is 49.8 Å². The molecule has 0 saturated heterocycles. The molecule has 0 radical (unpaired) electrons. The van der Waals surface area contributed by atoms with Crippen molar-refractivity contribution < 1.29 is 33.0 Å². The third kappa shape index (κ3) is 8.16. The smallest absolute Gasteiger partial charge is 0.481 e. The lowest BCUT2D eigenvalue weighted by atomic mass is 9.82. The van der Waals surface area contributed by atoms with E-state index in [4.69, 9.17) is 15.0 Å². The Labute approximate surface area is 162 Å². The molecule has 1 aromatic rings. The second-order valence-corrected chi connectivity index (χ2v) is 7.01. The quantitative estimate of drug-likeness (QED) is 0.674. The Balaban J connectivity index is 0.000000480. The number of benzene rings is 1. The maximum absolute atomic E-state index is 10.9. The molecule has 1 saturated carbocycles. The number of halogens is 3. The van der Waals surface area contributed by atoms with Crippen LogP contribution >= 0.6 is 0 Å². The van der Waals surface area contributed by atoms with Gasteiger partial charge in [-0.2, -0.15) is 13.2 Å². The van der Waals surface area contributed by atoms with E-state index < -0.39 is 18.1 Å². The summed E-state index contributed by atoms with van der Waals surface area (Å²) in [5.74, 6) is -2.88. The van der Waals surface area contributed by atoms with Gasteiger partial charge in [-0.3, -0.25) is 4.79 Å². The normalized spacial score (nSPS) is 19.3. The lowest BCUT2D eigenvalue weighted by Crippen LogP contribution is -2.28. The molecule has 2 rings (SSSR count). The minimum absolute atomic E-state index is 0.115. The van der Waals surface area contributed by atoms with Gasteiger partial charge in [-0.1, -0.05) is 18.2 Å². The molecule has 3 N–H and O–H groups in total. The van der Waals surface area contributed by atoms with E-state index in [1.807, 2.05) is 0 Å². The number of anilines is 1. The number of rotatable bonds is 6. The average molecular weight is 404 g/mol. The predicted molar refractivity (Wildman–Crippen MR) is 99.3 cm³/mol. The van der Waals surface area contributed by atoms with Crippen molar-refractivity contribution >= 4 is 17.6 Å². The summed E-state index contributed by atoms with van der Waals surface area (Å²) in [6, 6.07) is 8.42. The van der Waals surface area contributed by atoms with Gasteiger partial charge in [0, 0.05) is 26.3 Å². The third-order valence-electron chi connectivity index (χ3n) is 4.66. The molecule has 0 aliphatic heterocycles. The first kappa shape index (κ1) is 23.7. The number of nitrogens with zero attached hydrogens (tertiary/aromatic N) is 1. The summed E-state index contributed by atoms with van der Waals surface area (Å²) in [5, 5.41) is 19.7. The number of nitrogens with one attached hydrogen (secondary N) is 1. The molecule has 1 aromatic carbocycles. The summed E-state index contributed by atoms with van der Waals surface area (Å²) < 4.78 is 31.7. The van der Waals surface area contributed by atoms with Crippen molar-refractivity contribution in [2.45, 2.75) is 38.4 Å². The third-order valence-corrected chi connectivity index (χ3v) is 4.66. The molecular weight excluding hydrogens is 377 g/mol. The van der Waals surface area contributed by atoms with Crippen LogP contribution in [-0.4, -0.2) is 49.0 Å². The molecule has 1 fully saturated rings. The van der Waals surface area contributed by atoms with Crippen molar-refractivity contribution in [3.63, 3.8) is 0 Å². The van der Waals surface area contributed by atoms with Crippen molar-refractivity contribution in [3.8, 4) is 0 Å². The van der Waals surface area contributed by atoms with Crippen molar-refractivity contribution in [2.75, 3.05) is 25.5 Å². The van der Waals surface area contributed by atoms with E-state index in [0.717, 1.165) is 38.8 Å². The molecule has 28 heavy (non-hydrogen) atoms. The van der Waals surface area contributed by atoms with E-state index in [0.29, 0.717) is 5.92 Å². The number of alkyl halides is 3. The highest BCUT2D eigenvalue weighted by molar-refractivity contribution is 5.73. The van der Waals surface area contributed by atoms with E-state index in [2.05, 4.69) is 48.6 Å². The van der Waals surface area contributed by atoms with Gasteiger partial charge in [0.25, 0.3) is 0 Å². The van der Waals surface area contributed by atoms with Crippen LogP contribution in [0.4, 0.5) is 18.9 Å². The fourth-order valence-electron chi connectivity index (χ4n) is 3.12. The van der Waals surface area contributed by atoms with Crippen LogP contribution in [0.15, 0.2) is 24.3 Å². The summed E-state index contributed by atoms with van der Waals surface area (Å²) >= 11 is 0. The van der Waals surface area contributed by atoms with Crippen LogP contribution in [0.5, 0.6) is 0 Å². The maximum atomic E-state index is 10.9. The lowest BCUT2D eigenvalue weighted by Gasteiger charge is -2.26. The second-order valence-electron chi connectivity index (χ2n) is 7.01. The fourth-order valence-corrected chi connectivity index (χ4v) is 3.12. The van der Waals surface area contributed by atoms with Crippen LogP contribution in [0.3, 0.4) is 0 Å². The highest BCUT2D eigenvalue weighted by atomic mass is 19.4. The molecule has 6 nitrogen and oxygen atoms in total. The monoisotopic (exact) mass is 404 g/mol. The summed E-state index contributed by atoms with van der Waals surface area (Å²) in [4.78, 5) is 22.0. The van der Waals surface area contributed by atoms with Gasteiger partial charge in [-0.15, -0.1) is 0 Å². The van der Waals surface area contributed by atoms with E-state index in [1.54, 1.807) is 0 Å². The maximum Gasteiger partial charge on any atom is 0.490 e. The Kier molecular flexibility index (Phi) is 9.24. The number of para-hydroxylation sites is 1. The number of hydrogen-bond acceptors (Lipinski definition) is 4. The van der Waals surface area contributed by atoms with Gasteiger partial charge in [0.05, 0.1) is 5.92 Å². The Hall–Kier alpha value is -2.29. The molecule has 0 heterocycles. The topological polar surface area (TPSA) is 89.9 Å². The minimum atomic E-state index is -5.08. The number of aliphatic carboxylic acids is 2. The molecule has 1 aliphatic carbocycles. The van der Waals surface area contributed by atoms with Crippen molar-refractivity contribution in [3.05, 3.63) is 29.8 Å². The Bertz CT molecular complexity index is 642. The Morgan fingerprint density at radius 2 is 1.64 bits per heavy atom. The Morgan fingerprint density at radius 3 is 2.11 bits per heavy atom. The molecule has 1 aliphatic rings. The Morgan fingerprint density at radius 1 is 1.11 bits per heavy atom. The van der Waals surface area contributed by atoms with Gasteiger partial charge < -0.3 is 20.4 Å². The zero-order valence-corrected chi connectivity index (χ0v) is 16.0. The van der Waals surface area contributed by atoms with Crippen LogP contribution in [0.2, 0.25) is 0 Å². The van der Waals surface area contributed by atoms with Gasteiger partial charge >= 0.3 is 18.1 Å². The fraction of sp³-hybridized carbons (Fsp3) is 0.579. The summed E-state index contributed by atoms with van der Waals surface area (Å²) in [5.41, 5.74) is 2.56. The number of carboxylic acid groups (broad SMARTS) is 2. The lowest BCUT2D eigenvalue weighted by molar-refractivity contribution is -0.192. The van der Waals surface area contributed by atoms with E-state index >= 15 is 0 Å². The SMILES string of the molecule is CN(C)c1ccccc1CNCC1CCC(C(=O)O)CC1.O=C(O)C(F)(F)F. The van der Waals surface area contributed by atoms with Crippen LogP contribution < -0.4 is 10.2 Å². The summed E-state index contributed by atoms with van der Waals surface area (Å²) in [6.07, 6.45) is -1.37. The standard InChI is InChI=1S/C17H26N2O2.C2HF3O2/c1-19(2)16-6-4-3-5-15(16)12-18-11-13-7-9-14(10-8-13)17(20)21;3-2(4,5)1(6)7/h3-6,13-14,18H,7-12H2,1-2H3,(H,20,21);(H,6,7). The van der Waals surface area contributed by atoms with Crippen molar-refractivity contribution in [2.24, 2.45) is 11.8 Å². The largest absolute Gasteiger partial charge is 0.490 e. The first-order valence-electron chi connectivity index (χ1n) is 9.01. The minimum Gasteiger partial charge on any atom is -0.481 e. The first-order chi connectivity index (χ1) is 13.0. The molecule has 0 atom stereocenters. The van der Waals surface area contributed by atoms with Gasteiger partial charge in [0.1, 0.15) is 0 Å². The molecular formula is C19H27F3N2O4. The highest BCUT2D eigenvalue weighted by Crippen LogP contribution is 2.28. The van der Waals surface area contributed by atoms with Gasteiger partial charge in [-0.25, -0.2) is 4.79 Å². The number of hydrogen-bond donors (Lipinski definition) is 3. The predicted octanol–water partition coefficient (Wildman–Crippen LogP) is 3.37. The zero-order valence-electron chi connectivity index (χ0n) is 16.0. The molecule has 0 bridgehead atoms. The number of carboxylic acids is 2. The summed E-state index contributed by atoms with van der Waals surface area (Å²) in [6.45, 7) is 1.85. The highest BCUT2D eigenvalue weighted by Gasteiger charge is 2.38. The van der Waals surface area contributed by atoms with Crippen LogP contribution in [0.25, 0.3) is 0 Å². The van der Waals surface area contributed by atoms with Crippen LogP contribution in [-0.2, 0) is 16.1 Å². The first-order valence-corrected chi connectivity index (χ1v) is 9.01. The van der Waals surface area contributed by atoms with E-state index in [-0.39, 0.29) is 5.92 Å². The van der Waals surface area contributed by atoms with Crippen LogP contribution in [0.1, 0.15) is 31.2 Å². The van der Waals surface area contributed by atoms with Crippen molar-refractivity contribution in [1.82, 2.24) is 5.32 Å². The van der Waals surface area contributed by atoms with Crippen molar-refractivity contribution in [1.29, 1.82) is 0 Å². The molecule has 158 valence electrons.